The molecule has 1 amide bonds. The van der Waals surface area contributed by atoms with E-state index in [2.05, 4.69) is 17.6 Å². The van der Waals surface area contributed by atoms with Gasteiger partial charge < -0.3 is 15.4 Å². The van der Waals surface area contributed by atoms with Crippen molar-refractivity contribution in [3.05, 3.63) is 0 Å². The van der Waals surface area contributed by atoms with Gasteiger partial charge in [-0.2, -0.15) is 0 Å². The lowest BCUT2D eigenvalue weighted by molar-refractivity contribution is -0.127. The van der Waals surface area contributed by atoms with Crippen molar-refractivity contribution >= 4 is 18.3 Å². The highest BCUT2D eigenvalue weighted by Crippen LogP contribution is 2.16. The number of amides is 1. The van der Waals surface area contributed by atoms with E-state index in [1.165, 1.54) is 0 Å². The minimum absolute atomic E-state index is 0. The van der Waals surface area contributed by atoms with E-state index in [4.69, 9.17) is 4.74 Å². The Morgan fingerprint density at radius 2 is 2.31 bits per heavy atom. The van der Waals surface area contributed by atoms with Gasteiger partial charge in [-0.25, -0.2) is 0 Å². The topological polar surface area (TPSA) is 50.4 Å². The first-order chi connectivity index (χ1) is 7.15. The van der Waals surface area contributed by atoms with Crippen LogP contribution >= 0.6 is 12.4 Å². The van der Waals surface area contributed by atoms with E-state index in [-0.39, 0.29) is 36.3 Å². The third-order valence-electron chi connectivity index (χ3n) is 2.90. The Morgan fingerprint density at radius 3 is 2.88 bits per heavy atom. The highest BCUT2D eigenvalue weighted by atomic mass is 35.5. The SMILES string of the molecule is COC[C@@H](C)NC(=O)[C@@H]1CCCN[C@@H]1C.Cl. The van der Waals surface area contributed by atoms with Crippen LogP contribution in [-0.2, 0) is 9.53 Å². The van der Waals surface area contributed by atoms with E-state index in [0.29, 0.717) is 6.61 Å². The summed E-state index contributed by atoms with van der Waals surface area (Å²) < 4.78 is 4.99. The van der Waals surface area contributed by atoms with Crippen molar-refractivity contribution in [2.45, 2.75) is 38.8 Å². The molecule has 5 heteroatoms. The molecule has 0 radical (unpaired) electrons. The number of piperidine rings is 1. The minimum atomic E-state index is 0. The summed E-state index contributed by atoms with van der Waals surface area (Å²) in [6.07, 6.45) is 2.07. The number of nitrogens with one attached hydrogen (secondary N) is 2. The van der Waals surface area contributed by atoms with Crippen LogP contribution in [-0.4, -0.2) is 38.3 Å². The van der Waals surface area contributed by atoms with Gasteiger partial charge in [-0.3, -0.25) is 4.79 Å². The van der Waals surface area contributed by atoms with E-state index < -0.39 is 0 Å². The molecule has 0 bridgehead atoms. The molecule has 0 aliphatic carbocycles. The Labute approximate surface area is 104 Å². The Balaban J connectivity index is 0.00000225. The Morgan fingerprint density at radius 1 is 1.62 bits per heavy atom. The van der Waals surface area contributed by atoms with Gasteiger partial charge >= 0.3 is 0 Å². The van der Waals surface area contributed by atoms with E-state index in [1.54, 1.807) is 7.11 Å². The lowest BCUT2D eigenvalue weighted by atomic mass is 9.91. The van der Waals surface area contributed by atoms with Crippen molar-refractivity contribution in [3.63, 3.8) is 0 Å². The fourth-order valence-corrected chi connectivity index (χ4v) is 2.04. The summed E-state index contributed by atoms with van der Waals surface area (Å²) in [4.78, 5) is 11.9. The van der Waals surface area contributed by atoms with Crippen LogP contribution in [0.25, 0.3) is 0 Å². The third-order valence-corrected chi connectivity index (χ3v) is 2.90. The van der Waals surface area contributed by atoms with Gasteiger partial charge in [0.15, 0.2) is 0 Å². The van der Waals surface area contributed by atoms with Crippen LogP contribution in [0.2, 0.25) is 0 Å². The number of carbonyl (C=O) groups excluding carboxylic acids is 1. The van der Waals surface area contributed by atoms with E-state index >= 15 is 0 Å². The predicted molar refractivity (Wildman–Crippen MR) is 66.9 cm³/mol. The number of hydrogen-bond donors (Lipinski definition) is 2. The second-order valence-electron chi connectivity index (χ2n) is 4.36. The minimum Gasteiger partial charge on any atom is -0.383 e. The summed E-state index contributed by atoms with van der Waals surface area (Å²) in [6.45, 7) is 5.63. The third kappa shape index (κ3) is 4.68. The van der Waals surface area contributed by atoms with Gasteiger partial charge in [-0.15, -0.1) is 12.4 Å². The summed E-state index contributed by atoms with van der Waals surface area (Å²) >= 11 is 0. The zero-order valence-corrected chi connectivity index (χ0v) is 11.1. The second-order valence-corrected chi connectivity index (χ2v) is 4.36. The van der Waals surface area contributed by atoms with Crippen LogP contribution < -0.4 is 10.6 Å². The number of ether oxygens (including phenoxy) is 1. The first-order valence-corrected chi connectivity index (χ1v) is 5.68. The lowest BCUT2D eigenvalue weighted by Crippen LogP contribution is -2.49. The van der Waals surface area contributed by atoms with Crippen LogP contribution in [0.1, 0.15) is 26.7 Å². The largest absolute Gasteiger partial charge is 0.383 e. The number of halogens is 1. The van der Waals surface area contributed by atoms with Crippen molar-refractivity contribution in [1.82, 2.24) is 10.6 Å². The maximum Gasteiger partial charge on any atom is 0.224 e. The van der Waals surface area contributed by atoms with Crippen LogP contribution in [0.3, 0.4) is 0 Å². The Hall–Kier alpha value is -0.320. The van der Waals surface area contributed by atoms with E-state index in [1.807, 2.05) is 6.92 Å². The van der Waals surface area contributed by atoms with Gasteiger partial charge in [0.25, 0.3) is 0 Å². The van der Waals surface area contributed by atoms with Crippen LogP contribution in [0, 0.1) is 5.92 Å². The van der Waals surface area contributed by atoms with Crippen molar-refractivity contribution in [1.29, 1.82) is 0 Å². The van der Waals surface area contributed by atoms with E-state index in [9.17, 15) is 4.79 Å². The monoisotopic (exact) mass is 250 g/mol. The Bertz CT molecular complexity index is 214. The average Bonchev–Trinajstić information content (AvgIpc) is 2.18. The molecule has 2 N–H and O–H groups in total. The van der Waals surface area contributed by atoms with Crippen LogP contribution in [0.4, 0.5) is 0 Å². The molecule has 0 unspecified atom stereocenters. The second kappa shape index (κ2) is 7.87. The van der Waals surface area contributed by atoms with Crippen LogP contribution in [0.15, 0.2) is 0 Å². The van der Waals surface area contributed by atoms with Gasteiger partial charge in [0, 0.05) is 19.2 Å². The maximum absolute atomic E-state index is 11.9. The smallest absolute Gasteiger partial charge is 0.224 e. The molecule has 4 nitrogen and oxygen atoms in total. The van der Waals surface area contributed by atoms with E-state index in [0.717, 1.165) is 19.4 Å². The number of methoxy groups -OCH3 is 1. The normalized spacial score (nSPS) is 26.7. The van der Waals surface area contributed by atoms with Crippen molar-refractivity contribution in [2.75, 3.05) is 20.3 Å². The molecule has 0 aromatic carbocycles. The van der Waals surface area contributed by atoms with Crippen LogP contribution in [0.5, 0.6) is 0 Å². The van der Waals surface area contributed by atoms with Gasteiger partial charge in [-0.1, -0.05) is 0 Å². The molecule has 96 valence electrons. The van der Waals surface area contributed by atoms with Gasteiger partial charge in [0.05, 0.1) is 12.5 Å². The molecule has 0 spiro atoms. The standard InChI is InChI=1S/C11H22N2O2.ClH/c1-8(7-15-3)13-11(14)10-5-4-6-12-9(10)2;/h8-10,12H,4-7H2,1-3H3,(H,13,14);1H/t8-,9-,10-;/m1./s1. The molecule has 1 saturated heterocycles. The molecule has 3 atom stereocenters. The molecular weight excluding hydrogens is 228 g/mol. The van der Waals surface area contributed by atoms with Gasteiger partial charge in [-0.05, 0) is 33.2 Å². The molecule has 0 aromatic rings. The zero-order valence-electron chi connectivity index (χ0n) is 10.3. The quantitative estimate of drug-likeness (QED) is 0.781. The number of rotatable bonds is 4. The van der Waals surface area contributed by atoms with Crippen molar-refractivity contribution < 1.29 is 9.53 Å². The molecule has 1 heterocycles. The summed E-state index contributed by atoms with van der Waals surface area (Å²) in [5.41, 5.74) is 0. The van der Waals surface area contributed by atoms with Crippen molar-refractivity contribution in [2.24, 2.45) is 5.92 Å². The molecule has 0 aromatic heterocycles. The molecular formula is C11H23ClN2O2. The fourth-order valence-electron chi connectivity index (χ4n) is 2.04. The van der Waals surface area contributed by atoms with Gasteiger partial charge in [0.1, 0.15) is 0 Å². The first kappa shape index (κ1) is 15.7. The molecule has 1 rings (SSSR count). The molecule has 1 aliphatic heterocycles. The summed E-state index contributed by atoms with van der Waals surface area (Å²) in [6, 6.07) is 0.380. The predicted octanol–water partition coefficient (Wildman–Crippen LogP) is 0.947. The summed E-state index contributed by atoms with van der Waals surface area (Å²) in [5.74, 6) is 0.261. The van der Waals surface area contributed by atoms with Crippen molar-refractivity contribution in [3.8, 4) is 0 Å². The molecule has 1 aliphatic rings. The number of carbonyl (C=O) groups is 1. The highest BCUT2D eigenvalue weighted by Gasteiger charge is 2.27. The summed E-state index contributed by atoms with van der Waals surface area (Å²) in [5, 5.41) is 6.30. The maximum atomic E-state index is 11.9. The fraction of sp³-hybridized carbons (Fsp3) is 0.909. The first-order valence-electron chi connectivity index (χ1n) is 5.68. The molecule has 16 heavy (non-hydrogen) atoms. The Kier molecular flexibility index (Phi) is 7.72. The lowest BCUT2D eigenvalue weighted by Gasteiger charge is -2.29. The molecule has 0 saturated carbocycles. The van der Waals surface area contributed by atoms with Gasteiger partial charge in [0.2, 0.25) is 5.91 Å². The summed E-state index contributed by atoms with van der Waals surface area (Å²) in [7, 11) is 1.65. The average molecular weight is 251 g/mol. The number of hydrogen-bond acceptors (Lipinski definition) is 3. The zero-order chi connectivity index (χ0) is 11.3. The molecule has 1 fully saturated rings. The highest BCUT2D eigenvalue weighted by molar-refractivity contribution is 5.85.